The van der Waals surface area contributed by atoms with E-state index >= 15 is 0 Å². The Morgan fingerprint density at radius 1 is 1.00 bits per heavy atom. The van der Waals surface area contributed by atoms with Gasteiger partial charge in [0.1, 0.15) is 11.4 Å². The summed E-state index contributed by atoms with van der Waals surface area (Å²) in [5.41, 5.74) is 10.4. The van der Waals surface area contributed by atoms with E-state index in [1.165, 1.54) is 18.1 Å². The van der Waals surface area contributed by atoms with Gasteiger partial charge in [-0.05, 0) is 56.3 Å². The maximum atomic E-state index is 5.79. The first-order chi connectivity index (χ1) is 10.0. The molecule has 0 bridgehead atoms. The molecular formula is C15H15N5S. The summed E-state index contributed by atoms with van der Waals surface area (Å²) in [5.74, 6) is 0. The van der Waals surface area contributed by atoms with Crippen molar-refractivity contribution in [2.45, 2.75) is 31.0 Å². The van der Waals surface area contributed by atoms with Gasteiger partial charge in [0.25, 0.3) is 0 Å². The molecule has 0 fully saturated rings. The van der Waals surface area contributed by atoms with Crippen molar-refractivity contribution in [3.63, 3.8) is 0 Å². The van der Waals surface area contributed by atoms with Gasteiger partial charge in [-0.3, -0.25) is 0 Å². The normalized spacial score (nSPS) is 11.0. The highest BCUT2D eigenvalue weighted by Gasteiger charge is 2.10. The van der Waals surface area contributed by atoms with Crippen LogP contribution in [-0.2, 0) is 0 Å². The molecule has 0 aliphatic rings. The lowest BCUT2D eigenvalue weighted by Gasteiger charge is -2.08. The van der Waals surface area contributed by atoms with Crippen LogP contribution >= 0.6 is 11.8 Å². The maximum absolute atomic E-state index is 5.79. The molecule has 106 valence electrons. The average Bonchev–Trinajstić information content (AvgIpc) is 2.44. The summed E-state index contributed by atoms with van der Waals surface area (Å²) in [5, 5.41) is 2.49. The summed E-state index contributed by atoms with van der Waals surface area (Å²) in [7, 11) is 0. The van der Waals surface area contributed by atoms with Gasteiger partial charge >= 0.3 is 0 Å². The summed E-state index contributed by atoms with van der Waals surface area (Å²) < 4.78 is 0. The van der Waals surface area contributed by atoms with E-state index in [-0.39, 0.29) is 0 Å². The van der Waals surface area contributed by atoms with Gasteiger partial charge in [-0.15, -0.1) is 0 Å². The second kappa shape index (κ2) is 5.29. The lowest BCUT2D eigenvalue weighted by Crippen LogP contribution is -1.98. The van der Waals surface area contributed by atoms with Crippen LogP contribution in [0, 0.1) is 20.8 Å². The van der Waals surface area contributed by atoms with Crippen LogP contribution in [0.25, 0.3) is 10.9 Å². The molecule has 0 atom stereocenters. The molecule has 2 N–H and O–H groups in total. The third-order valence-corrected chi connectivity index (χ3v) is 4.31. The lowest BCUT2D eigenvalue weighted by atomic mass is 10.2. The monoisotopic (exact) mass is 297 g/mol. The molecule has 0 aliphatic carbocycles. The molecule has 0 spiro atoms. The minimum absolute atomic E-state index is 0.690. The smallest absolute Gasteiger partial charge is 0.194 e. The average molecular weight is 297 g/mol. The van der Waals surface area contributed by atoms with Gasteiger partial charge in [-0.25, -0.2) is 19.9 Å². The number of fused-ring (bicyclic) bond motifs is 1. The summed E-state index contributed by atoms with van der Waals surface area (Å²) >= 11 is 1.45. The van der Waals surface area contributed by atoms with Gasteiger partial charge in [-0.1, -0.05) is 0 Å². The van der Waals surface area contributed by atoms with Crippen LogP contribution in [0.1, 0.15) is 17.0 Å². The number of aromatic nitrogens is 4. The fourth-order valence-electron chi connectivity index (χ4n) is 2.00. The van der Waals surface area contributed by atoms with Crippen LogP contribution in [0.5, 0.6) is 0 Å². The Morgan fingerprint density at radius 3 is 2.43 bits per heavy atom. The fraction of sp³-hybridized carbons (Fsp3) is 0.200. The maximum Gasteiger partial charge on any atom is 0.194 e. The van der Waals surface area contributed by atoms with Crippen LogP contribution < -0.4 is 5.73 Å². The molecule has 3 aromatic rings. The van der Waals surface area contributed by atoms with E-state index in [9.17, 15) is 0 Å². The number of benzene rings is 1. The number of nitrogens with zero attached hydrogens (tertiary/aromatic N) is 4. The van der Waals surface area contributed by atoms with E-state index in [2.05, 4.69) is 19.9 Å². The van der Waals surface area contributed by atoms with Crippen LogP contribution in [0.3, 0.4) is 0 Å². The number of aryl methyl sites for hydroxylation is 2. The van der Waals surface area contributed by atoms with E-state index in [0.29, 0.717) is 10.8 Å². The number of rotatable bonds is 2. The summed E-state index contributed by atoms with van der Waals surface area (Å²) in [4.78, 5) is 17.6. The Bertz CT molecular complexity index is 808. The van der Waals surface area contributed by atoms with Crippen molar-refractivity contribution in [2.75, 3.05) is 5.73 Å². The second-order valence-corrected chi connectivity index (χ2v) is 5.82. The fourth-order valence-corrected chi connectivity index (χ4v) is 2.92. The van der Waals surface area contributed by atoms with E-state index in [4.69, 9.17) is 5.73 Å². The quantitative estimate of drug-likeness (QED) is 0.445. The highest BCUT2D eigenvalue weighted by Crippen LogP contribution is 2.30. The zero-order chi connectivity index (χ0) is 15.0. The molecule has 1 aromatic carbocycles. The van der Waals surface area contributed by atoms with Crippen molar-refractivity contribution >= 4 is 28.4 Å². The molecule has 5 nitrogen and oxygen atoms in total. The number of hydrogen-bond acceptors (Lipinski definition) is 6. The number of nitrogen functional groups attached to an aromatic ring is 1. The Kier molecular flexibility index (Phi) is 3.47. The Labute approximate surface area is 127 Å². The van der Waals surface area contributed by atoms with Gasteiger partial charge in [0.2, 0.25) is 0 Å². The van der Waals surface area contributed by atoms with Crippen LogP contribution in [0.4, 0.5) is 5.69 Å². The Hall–Kier alpha value is -2.21. The third-order valence-electron chi connectivity index (χ3n) is 3.42. The highest BCUT2D eigenvalue weighted by atomic mass is 32.2. The lowest BCUT2D eigenvalue weighted by molar-refractivity contribution is 0.878. The molecule has 0 amide bonds. The van der Waals surface area contributed by atoms with Crippen molar-refractivity contribution in [3.05, 3.63) is 41.5 Å². The molecule has 0 saturated carbocycles. The van der Waals surface area contributed by atoms with Gasteiger partial charge < -0.3 is 5.73 Å². The van der Waals surface area contributed by atoms with Gasteiger partial charge in [0.15, 0.2) is 5.16 Å². The molecule has 6 heteroatoms. The van der Waals surface area contributed by atoms with Crippen molar-refractivity contribution in [3.8, 4) is 0 Å². The molecule has 0 radical (unpaired) electrons. The van der Waals surface area contributed by atoms with Crippen LogP contribution in [0.2, 0.25) is 0 Å². The molecule has 21 heavy (non-hydrogen) atoms. The van der Waals surface area contributed by atoms with Crippen molar-refractivity contribution in [1.29, 1.82) is 0 Å². The summed E-state index contributed by atoms with van der Waals surface area (Å²) in [6.07, 6.45) is 1.54. The minimum Gasteiger partial charge on any atom is -0.399 e. The standard InChI is InChI=1S/C15H15N5S/c1-8-9(2)19-15(20-10(8)3)21-14-12-5-4-11(16)6-13(12)17-7-18-14/h4-7H,16H2,1-3H3. The van der Waals surface area contributed by atoms with Crippen molar-refractivity contribution in [1.82, 2.24) is 19.9 Å². The van der Waals surface area contributed by atoms with E-state index in [1.54, 1.807) is 0 Å². The van der Waals surface area contributed by atoms with Crippen molar-refractivity contribution < 1.29 is 0 Å². The van der Waals surface area contributed by atoms with Gasteiger partial charge in [0, 0.05) is 22.5 Å². The first kappa shape index (κ1) is 13.8. The zero-order valence-corrected chi connectivity index (χ0v) is 12.9. The molecule has 0 saturated heterocycles. The molecular weight excluding hydrogens is 282 g/mol. The molecule has 0 unspecified atom stereocenters. The predicted molar refractivity (Wildman–Crippen MR) is 84.3 cm³/mol. The molecule has 2 aromatic heterocycles. The van der Waals surface area contributed by atoms with Crippen molar-refractivity contribution in [2.24, 2.45) is 0 Å². The largest absolute Gasteiger partial charge is 0.399 e. The first-order valence-electron chi connectivity index (χ1n) is 6.54. The third kappa shape index (κ3) is 2.67. The van der Waals surface area contributed by atoms with Crippen LogP contribution in [0.15, 0.2) is 34.7 Å². The van der Waals surface area contributed by atoms with Gasteiger partial charge in [0.05, 0.1) is 5.52 Å². The number of anilines is 1. The van der Waals surface area contributed by atoms with E-state index in [0.717, 1.165) is 32.9 Å². The highest BCUT2D eigenvalue weighted by molar-refractivity contribution is 7.99. The molecule has 0 aliphatic heterocycles. The Balaban J connectivity index is 2.06. The van der Waals surface area contributed by atoms with E-state index < -0.39 is 0 Å². The number of nitrogens with two attached hydrogens (primary N) is 1. The summed E-state index contributed by atoms with van der Waals surface area (Å²) in [6.45, 7) is 6.02. The predicted octanol–water partition coefficient (Wildman–Crippen LogP) is 3.08. The SMILES string of the molecule is Cc1nc(Sc2ncnc3cc(N)ccc23)nc(C)c1C. The minimum atomic E-state index is 0.690. The topological polar surface area (TPSA) is 77.6 Å². The molecule has 2 heterocycles. The van der Waals surface area contributed by atoms with Crippen LogP contribution in [-0.4, -0.2) is 19.9 Å². The second-order valence-electron chi connectivity index (χ2n) is 4.86. The molecule has 3 rings (SSSR count). The Morgan fingerprint density at radius 2 is 1.71 bits per heavy atom. The summed E-state index contributed by atoms with van der Waals surface area (Å²) in [6, 6.07) is 5.62. The first-order valence-corrected chi connectivity index (χ1v) is 7.36. The van der Waals surface area contributed by atoms with E-state index in [1.807, 2.05) is 39.0 Å². The zero-order valence-electron chi connectivity index (χ0n) is 12.1. The van der Waals surface area contributed by atoms with Gasteiger partial charge in [-0.2, -0.15) is 0 Å². The number of hydrogen-bond donors (Lipinski definition) is 1.